The lowest BCUT2D eigenvalue weighted by Crippen LogP contribution is -2.28. The molecule has 2 unspecified atom stereocenters. The van der Waals surface area contributed by atoms with Crippen LogP contribution in [0.5, 0.6) is 5.75 Å². The number of carbonyl (C=O) groups excluding carboxylic acids is 2. The first kappa shape index (κ1) is 25.6. The summed E-state index contributed by atoms with van der Waals surface area (Å²) in [7, 11) is 1.35. The standard InChI is InChI=1S/C28H29N3O3S2/c1-4-36-25-8-6-5-7-23(25)27(33)30-24-15-20(11-14-26(24)36)28(34)31(3)17-22(16-29)35-18(2)19-9-12-21(32)13-10-19/h4-16,18,32H,17,29H2,1-3H3,(H,30,33)/b22-16-. The van der Waals surface area contributed by atoms with Crippen LogP contribution >= 0.6 is 22.2 Å². The molecule has 0 aromatic heterocycles. The number of thioether (sulfide) groups is 1. The Hall–Kier alpha value is -3.49. The van der Waals surface area contributed by atoms with Gasteiger partial charge in [0.25, 0.3) is 11.8 Å². The highest BCUT2D eigenvalue weighted by Crippen LogP contribution is 2.44. The average molecular weight is 520 g/mol. The Morgan fingerprint density at radius 1 is 1.14 bits per heavy atom. The van der Waals surface area contributed by atoms with Gasteiger partial charge in [-0.3, -0.25) is 9.59 Å². The number of nitrogens with zero attached hydrogens (tertiary/aromatic N) is 1. The second-order valence-electron chi connectivity index (χ2n) is 8.38. The summed E-state index contributed by atoms with van der Waals surface area (Å²) in [6, 6.07) is 20.2. The van der Waals surface area contributed by atoms with E-state index in [9.17, 15) is 14.7 Å². The number of nitrogens with two attached hydrogens (primary N) is 1. The topological polar surface area (TPSA) is 95.7 Å². The fourth-order valence-electron chi connectivity index (χ4n) is 4.06. The smallest absolute Gasteiger partial charge is 0.256 e. The number of hydrogen-bond donors (Lipinski definition) is 3. The molecule has 0 saturated carbocycles. The number of phenols is 1. The van der Waals surface area contributed by atoms with E-state index in [4.69, 9.17) is 5.73 Å². The van der Waals surface area contributed by atoms with Crippen LogP contribution in [0.2, 0.25) is 0 Å². The molecule has 4 N–H and O–H groups in total. The van der Waals surface area contributed by atoms with Crippen LogP contribution in [0.3, 0.4) is 0 Å². The second kappa shape index (κ2) is 11.1. The molecule has 36 heavy (non-hydrogen) atoms. The number of rotatable bonds is 6. The number of carbonyl (C=O) groups is 2. The van der Waals surface area contributed by atoms with Crippen LogP contribution in [0.25, 0.3) is 0 Å². The fraction of sp³-hybridized carbons (Fsp3) is 0.179. The molecule has 1 heterocycles. The van der Waals surface area contributed by atoms with Crippen LogP contribution < -0.4 is 11.1 Å². The largest absolute Gasteiger partial charge is 0.508 e. The molecule has 4 rings (SSSR count). The summed E-state index contributed by atoms with van der Waals surface area (Å²) in [4.78, 5) is 30.7. The molecule has 0 bridgehead atoms. The van der Waals surface area contributed by atoms with Gasteiger partial charge in [-0.2, -0.15) is 0 Å². The van der Waals surface area contributed by atoms with E-state index < -0.39 is 0 Å². The Balaban J connectivity index is 1.52. The summed E-state index contributed by atoms with van der Waals surface area (Å²) < 4.78 is 0. The number of nitrogens with one attached hydrogen (secondary N) is 1. The van der Waals surface area contributed by atoms with E-state index in [-0.39, 0.29) is 33.3 Å². The van der Waals surface area contributed by atoms with Gasteiger partial charge in [-0.05, 0) is 61.9 Å². The van der Waals surface area contributed by atoms with Gasteiger partial charge in [-0.25, -0.2) is 0 Å². The Bertz CT molecular complexity index is 1370. The van der Waals surface area contributed by atoms with Gasteiger partial charge in [-0.15, -0.1) is 22.2 Å². The van der Waals surface area contributed by atoms with Crippen molar-refractivity contribution in [3.63, 3.8) is 0 Å². The van der Waals surface area contributed by atoms with E-state index in [2.05, 4.69) is 17.6 Å². The summed E-state index contributed by atoms with van der Waals surface area (Å²) >= 11 is 1.57. The molecule has 3 aromatic rings. The van der Waals surface area contributed by atoms with E-state index in [0.717, 1.165) is 20.3 Å². The van der Waals surface area contributed by atoms with E-state index in [1.807, 2.05) is 55.5 Å². The summed E-state index contributed by atoms with van der Waals surface area (Å²) in [6.07, 6.45) is 1.53. The number of phenolic OH excluding ortho intramolecular Hbond substituents is 1. The van der Waals surface area contributed by atoms with E-state index in [0.29, 0.717) is 23.4 Å². The van der Waals surface area contributed by atoms with Crippen LogP contribution in [0, 0.1) is 0 Å². The lowest BCUT2D eigenvalue weighted by atomic mass is 10.1. The van der Waals surface area contributed by atoms with Crippen molar-refractivity contribution in [2.45, 2.75) is 28.9 Å². The minimum atomic E-state index is -0.387. The number of fused-ring (bicyclic) bond motifs is 2. The summed E-state index contributed by atoms with van der Waals surface area (Å²) in [5.41, 5.74) is 8.75. The first-order chi connectivity index (χ1) is 17.3. The van der Waals surface area contributed by atoms with Crippen LogP contribution in [-0.4, -0.2) is 40.8 Å². The molecular formula is C28H29N3O3S2. The first-order valence-electron chi connectivity index (χ1n) is 11.5. The van der Waals surface area contributed by atoms with Crippen LogP contribution in [0.1, 0.15) is 45.4 Å². The Kier molecular flexibility index (Phi) is 7.86. The zero-order valence-electron chi connectivity index (χ0n) is 20.4. The number of likely N-dealkylation sites (N-methyl/N-ethyl adjacent to an activating group) is 1. The van der Waals surface area contributed by atoms with Crippen molar-refractivity contribution >= 4 is 45.1 Å². The van der Waals surface area contributed by atoms with Crippen molar-refractivity contribution in [1.29, 1.82) is 0 Å². The normalized spacial score (nSPS) is 15.9. The van der Waals surface area contributed by atoms with Gasteiger partial charge in [0.15, 0.2) is 0 Å². The average Bonchev–Trinajstić information content (AvgIpc) is 3.01. The quantitative estimate of drug-likeness (QED) is 0.356. The minimum absolute atomic E-state index is 0.0939. The van der Waals surface area contributed by atoms with Crippen molar-refractivity contribution in [2.75, 3.05) is 18.9 Å². The molecule has 2 atom stereocenters. The van der Waals surface area contributed by atoms with Gasteiger partial charge in [0, 0.05) is 38.8 Å². The van der Waals surface area contributed by atoms with E-state index in [1.165, 1.54) is 6.20 Å². The Morgan fingerprint density at radius 2 is 1.86 bits per heavy atom. The predicted molar refractivity (Wildman–Crippen MR) is 150 cm³/mol. The molecule has 0 saturated heterocycles. The molecule has 8 heteroatoms. The Labute approximate surface area is 218 Å². The molecule has 1 aliphatic rings. The van der Waals surface area contributed by atoms with Crippen molar-refractivity contribution in [3.05, 3.63) is 94.5 Å². The number of benzene rings is 3. The highest BCUT2D eigenvalue weighted by atomic mass is 32.2. The molecule has 0 spiro atoms. The SMILES string of the molecule is C/C=S1\c2ccc(C(=O)N(C)C/C(=C/N)SC(C)c3ccc(O)cc3)cc2NC(=O)c2ccccc21. The summed E-state index contributed by atoms with van der Waals surface area (Å²) in [5.74, 6) is -0.110. The highest BCUT2D eigenvalue weighted by Gasteiger charge is 2.24. The van der Waals surface area contributed by atoms with Crippen LogP contribution in [0.4, 0.5) is 5.69 Å². The number of aromatic hydroxyl groups is 1. The maximum absolute atomic E-state index is 13.3. The maximum atomic E-state index is 13.3. The zero-order valence-corrected chi connectivity index (χ0v) is 22.0. The second-order valence-corrected chi connectivity index (χ2v) is 11.9. The van der Waals surface area contributed by atoms with Gasteiger partial charge in [0.05, 0.1) is 17.8 Å². The zero-order chi connectivity index (χ0) is 25.8. The van der Waals surface area contributed by atoms with Gasteiger partial charge in [-0.1, -0.05) is 29.6 Å². The molecule has 0 radical (unpaired) electrons. The fourth-order valence-corrected chi connectivity index (χ4v) is 7.08. The molecule has 186 valence electrons. The highest BCUT2D eigenvalue weighted by molar-refractivity contribution is 8.15. The molecular weight excluding hydrogens is 490 g/mol. The van der Waals surface area contributed by atoms with Crippen molar-refractivity contribution in [3.8, 4) is 5.75 Å². The van der Waals surface area contributed by atoms with Crippen LogP contribution in [-0.2, 0) is 0 Å². The molecule has 1 aliphatic heterocycles. The summed E-state index contributed by atoms with van der Waals surface area (Å²) in [6.45, 7) is 4.39. The molecule has 3 aromatic carbocycles. The first-order valence-corrected chi connectivity index (χ1v) is 13.7. The minimum Gasteiger partial charge on any atom is -0.508 e. The molecule has 0 aliphatic carbocycles. The third-order valence-corrected chi connectivity index (χ3v) is 9.26. The van der Waals surface area contributed by atoms with E-state index in [1.54, 1.807) is 41.9 Å². The van der Waals surface area contributed by atoms with Gasteiger partial charge in [0.2, 0.25) is 0 Å². The predicted octanol–water partition coefficient (Wildman–Crippen LogP) is 5.83. The third-order valence-electron chi connectivity index (χ3n) is 5.93. The van der Waals surface area contributed by atoms with Crippen molar-refractivity contribution in [1.82, 2.24) is 4.90 Å². The summed E-state index contributed by atoms with van der Waals surface area (Å²) in [5, 5.41) is 14.7. The maximum Gasteiger partial charge on any atom is 0.256 e. The van der Waals surface area contributed by atoms with E-state index >= 15 is 0 Å². The van der Waals surface area contributed by atoms with Crippen LogP contribution in [0.15, 0.2) is 87.6 Å². The molecule has 0 fully saturated rings. The molecule has 2 amide bonds. The van der Waals surface area contributed by atoms with Gasteiger partial charge >= 0.3 is 0 Å². The van der Waals surface area contributed by atoms with Gasteiger partial charge < -0.3 is 21.1 Å². The van der Waals surface area contributed by atoms with Crippen molar-refractivity contribution < 1.29 is 14.7 Å². The number of anilines is 1. The lowest BCUT2D eigenvalue weighted by Gasteiger charge is -2.21. The Morgan fingerprint density at radius 3 is 2.56 bits per heavy atom. The van der Waals surface area contributed by atoms with Gasteiger partial charge in [0.1, 0.15) is 5.75 Å². The monoisotopic (exact) mass is 519 g/mol. The van der Waals surface area contributed by atoms with Crippen molar-refractivity contribution in [2.24, 2.45) is 5.73 Å². The number of hydrogen-bond acceptors (Lipinski definition) is 5. The molecule has 6 nitrogen and oxygen atoms in total. The third kappa shape index (κ3) is 5.34. The lowest BCUT2D eigenvalue weighted by molar-refractivity contribution is 0.0808. The number of amides is 2.